The zero-order valence-corrected chi connectivity index (χ0v) is 23.2. The van der Waals surface area contributed by atoms with E-state index in [-0.39, 0.29) is 17.9 Å². The summed E-state index contributed by atoms with van der Waals surface area (Å²) in [5.74, 6) is -0.702. The van der Waals surface area contributed by atoms with Crippen LogP contribution in [-0.2, 0) is 9.59 Å². The molecule has 5 aromatic rings. The van der Waals surface area contributed by atoms with Gasteiger partial charge in [0.2, 0.25) is 0 Å². The molecule has 206 valence electrons. The molecule has 1 fully saturated rings. The van der Waals surface area contributed by atoms with Crippen molar-refractivity contribution < 1.29 is 24.2 Å². The van der Waals surface area contributed by atoms with Crippen LogP contribution in [0.2, 0.25) is 0 Å². The highest BCUT2D eigenvalue weighted by molar-refractivity contribution is 7.22. The van der Waals surface area contributed by atoms with Crippen molar-refractivity contribution in [2.24, 2.45) is 0 Å². The van der Waals surface area contributed by atoms with Crippen molar-refractivity contribution in [1.82, 2.24) is 14.4 Å². The number of pyridine rings is 1. The molecule has 41 heavy (non-hydrogen) atoms. The number of carbonyl (C=O) groups is 2. The number of nitrogens with zero attached hydrogens (tertiary/aromatic N) is 4. The molecule has 1 unspecified atom stereocenters. The fourth-order valence-corrected chi connectivity index (χ4v) is 6.07. The van der Waals surface area contributed by atoms with Gasteiger partial charge < -0.3 is 14.6 Å². The van der Waals surface area contributed by atoms with Crippen LogP contribution in [-0.4, -0.2) is 44.4 Å². The third kappa shape index (κ3) is 4.52. The number of hydrogen-bond acceptors (Lipinski definition) is 8. The Bertz CT molecular complexity index is 1870. The van der Waals surface area contributed by atoms with Gasteiger partial charge in [-0.25, -0.2) is 9.97 Å². The van der Waals surface area contributed by atoms with Crippen molar-refractivity contribution in [3.8, 4) is 11.5 Å². The van der Waals surface area contributed by atoms with Gasteiger partial charge in [-0.3, -0.25) is 18.9 Å². The zero-order valence-electron chi connectivity index (χ0n) is 22.4. The number of anilines is 1. The number of rotatable bonds is 8. The molecule has 1 atom stereocenters. The highest BCUT2D eigenvalue weighted by Crippen LogP contribution is 2.45. The van der Waals surface area contributed by atoms with Crippen LogP contribution in [0, 0.1) is 6.92 Å². The fraction of sp³-hybridized carbons (Fsp3) is 0.161. The van der Waals surface area contributed by atoms with Gasteiger partial charge in [0.05, 0.1) is 34.1 Å². The molecule has 9 nitrogen and oxygen atoms in total. The lowest BCUT2D eigenvalue weighted by molar-refractivity contribution is -0.132. The van der Waals surface area contributed by atoms with Crippen molar-refractivity contribution in [3.05, 3.63) is 102 Å². The predicted molar refractivity (Wildman–Crippen MR) is 158 cm³/mol. The second-order valence-electron chi connectivity index (χ2n) is 9.37. The van der Waals surface area contributed by atoms with Gasteiger partial charge in [-0.2, -0.15) is 0 Å². The maximum absolute atomic E-state index is 13.7. The van der Waals surface area contributed by atoms with Gasteiger partial charge in [-0.15, -0.1) is 0 Å². The summed E-state index contributed by atoms with van der Waals surface area (Å²) in [7, 11) is 0. The second-order valence-corrected chi connectivity index (χ2v) is 10.4. The van der Waals surface area contributed by atoms with E-state index in [0.717, 1.165) is 4.70 Å². The lowest BCUT2D eigenvalue weighted by Crippen LogP contribution is -2.29. The first-order chi connectivity index (χ1) is 19.9. The van der Waals surface area contributed by atoms with Crippen LogP contribution in [0.4, 0.5) is 5.13 Å². The summed E-state index contributed by atoms with van der Waals surface area (Å²) >= 11 is 1.27. The van der Waals surface area contributed by atoms with Crippen molar-refractivity contribution in [3.63, 3.8) is 0 Å². The summed E-state index contributed by atoms with van der Waals surface area (Å²) in [6, 6.07) is 17.1. The van der Waals surface area contributed by atoms with Crippen LogP contribution in [0.15, 0.2) is 85.1 Å². The third-order valence-corrected chi connectivity index (χ3v) is 7.80. The Balaban J connectivity index is 1.57. The fourth-order valence-electron chi connectivity index (χ4n) is 5.05. The Kier molecular flexibility index (Phi) is 6.76. The monoisotopic (exact) mass is 566 g/mol. The Morgan fingerprint density at radius 2 is 1.90 bits per heavy atom. The minimum Gasteiger partial charge on any atom is -0.505 e. The highest BCUT2D eigenvalue weighted by Gasteiger charge is 2.48. The van der Waals surface area contributed by atoms with Gasteiger partial charge >= 0.3 is 5.91 Å². The van der Waals surface area contributed by atoms with Crippen LogP contribution in [0.3, 0.4) is 0 Å². The number of aliphatic hydroxyl groups excluding tert-OH is 1. The smallest absolute Gasteiger partial charge is 0.301 e. The number of carbonyl (C=O) groups excluding carboxylic acids is 2. The number of aliphatic hydroxyl groups is 1. The number of thiazole rings is 1. The number of benzene rings is 2. The number of imidazole rings is 1. The maximum atomic E-state index is 13.7. The van der Waals surface area contributed by atoms with E-state index in [2.05, 4.69) is 11.6 Å². The van der Waals surface area contributed by atoms with Crippen LogP contribution in [0.1, 0.15) is 29.9 Å². The molecule has 3 aromatic heterocycles. The number of Topliss-reactive ketones (excluding diaryl/α,β-unsaturated/α-hetero) is 1. The number of hydrogen-bond donors (Lipinski definition) is 1. The largest absolute Gasteiger partial charge is 0.505 e. The SMILES string of the molecule is C=CCOc1cccc(C2/C(=C(\O)c3c(C)nc4ccccn34)C(=O)C(=O)N2c2nc3ccc(OCC)cc3s2)c1. The molecule has 1 saturated heterocycles. The molecule has 0 aliphatic carbocycles. The predicted octanol–water partition coefficient (Wildman–Crippen LogP) is 5.84. The molecule has 1 amide bonds. The number of aryl methyl sites for hydroxylation is 1. The number of amides is 1. The van der Waals surface area contributed by atoms with Crippen LogP contribution < -0.4 is 14.4 Å². The van der Waals surface area contributed by atoms with Gasteiger partial charge in [0.15, 0.2) is 10.9 Å². The van der Waals surface area contributed by atoms with E-state index in [4.69, 9.17) is 14.5 Å². The molecule has 4 heterocycles. The van der Waals surface area contributed by atoms with Gasteiger partial charge in [0.25, 0.3) is 5.78 Å². The van der Waals surface area contributed by atoms with E-state index >= 15 is 0 Å². The average Bonchev–Trinajstić information content (AvgIpc) is 3.62. The molecule has 0 saturated carbocycles. The van der Waals surface area contributed by atoms with Crippen LogP contribution in [0.5, 0.6) is 11.5 Å². The minimum absolute atomic E-state index is 0.0566. The summed E-state index contributed by atoms with van der Waals surface area (Å²) in [6.07, 6.45) is 3.38. The normalized spacial score (nSPS) is 16.5. The summed E-state index contributed by atoms with van der Waals surface area (Å²) in [6.45, 7) is 8.14. The van der Waals surface area contributed by atoms with Crippen LogP contribution in [0.25, 0.3) is 21.6 Å². The van der Waals surface area contributed by atoms with E-state index in [9.17, 15) is 14.7 Å². The first-order valence-electron chi connectivity index (χ1n) is 13.0. The van der Waals surface area contributed by atoms with Gasteiger partial charge in [0, 0.05) is 6.20 Å². The number of ketones is 1. The number of aromatic nitrogens is 3. The quantitative estimate of drug-likeness (QED) is 0.109. The molecule has 2 aromatic carbocycles. The standard InChI is InChI=1S/C31H26N4O5S/c1-4-15-40-20-10-8-9-19(16-20)27-25(28(36)26-18(3)32-24-11-6-7-14-34(24)26)29(37)30(38)35(27)31-33-22-13-12-21(39-5-2)17-23(22)41-31/h4,6-14,16-17,27,36H,1,5,15H2,2-3H3/b28-25+. The molecule has 1 aliphatic rings. The second kappa shape index (κ2) is 10.5. The Morgan fingerprint density at radius 1 is 1.07 bits per heavy atom. The summed E-state index contributed by atoms with van der Waals surface area (Å²) in [5, 5.41) is 12.1. The van der Waals surface area contributed by atoms with E-state index < -0.39 is 17.7 Å². The summed E-state index contributed by atoms with van der Waals surface area (Å²) in [5.41, 5.74) is 2.65. The highest BCUT2D eigenvalue weighted by atomic mass is 32.1. The lowest BCUT2D eigenvalue weighted by Gasteiger charge is -2.23. The van der Waals surface area contributed by atoms with Gasteiger partial charge in [0.1, 0.15) is 29.4 Å². The van der Waals surface area contributed by atoms with E-state index in [0.29, 0.717) is 51.4 Å². The zero-order chi connectivity index (χ0) is 28.7. The maximum Gasteiger partial charge on any atom is 0.301 e. The van der Waals surface area contributed by atoms with Crippen LogP contribution >= 0.6 is 11.3 Å². The Morgan fingerprint density at radius 3 is 2.71 bits per heavy atom. The molecular formula is C31H26N4O5S. The minimum atomic E-state index is -0.970. The molecule has 6 rings (SSSR count). The van der Waals surface area contributed by atoms with Gasteiger partial charge in [-0.05, 0) is 61.9 Å². The van der Waals surface area contributed by atoms with E-state index in [1.54, 1.807) is 60.0 Å². The Hall–Kier alpha value is -4.96. The summed E-state index contributed by atoms with van der Waals surface area (Å²) in [4.78, 5) is 38.1. The molecule has 1 aliphatic heterocycles. The molecule has 0 bridgehead atoms. The molecule has 1 N–H and O–H groups in total. The third-order valence-electron chi connectivity index (χ3n) is 6.78. The lowest BCUT2D eigenvalue weighted by atomic mass is 9.96. The molecular weight excluding hydrogens is 540 g/mol. The molecule has 0 spiro atoms. The van der Waals surface area contributed by atoms with Crippen molar-refractivity contribution in [2.75, 3.05) is 18.1 Å². The van der Waals surface area contributed by atoms with E-state index in [1.807, 2.05) is 31.2 Å². The van der Waals surface area contributed by atoms with Crippen molar-refractivity contribution >= 4 is 49.8 Å². The topological polar surface area (TPSA) is 106 Å². The van der Waals surface area contributed by atoms with Gasteiger partial charge in [-0.1, -0.05) is 42.2 Å². The van der Waals surface area contributed by atoms with E-state index in [1.165, 1.54) is 16.2 Å². The van der Waals surface area contributed by atoms with Crippen molar-refractivity contribution in [1.29, 1.82) is 0 Å². The molecule has 0 radical (unpaired) electrons. The first-order valence-corrected chi connectivity index (χ1v) is 13.8. The number of ether oxygens (including phenoxy) is 2. The Labute approximate surface area is 239 Å². The molecule has 10 heteroatoms. The summed E-state index contributed by atoms with van der Waals surface area (Å²) < 4.78 is 13.9. The van der Waals surface area contributed by atoms with Crippen molar-refractivity contribution in [2.45, 2.75) is 19.9 Å². The first kappa shape index (κ1) is 26.3. The average molecular weight is 567 g/mol. The number of fused-ring (bicyclic) bond motifs is 2.